The minimum atomic E-state index is 0. The average molecular weight is 398 g/mol. The van der Waals surface area contributed by atoms with Gasteiger partial charge in [-0.05, 0) is 6.42 Å². The van der Waals surface area contributed by atoms with E-state index in [1.54, 1.807) is 11.3 Å². The molecule has 0 saturated carbocycles. The molecule has 0 aliphatic carbocycles. The molecule has 1 aliphatic rings. The Balaban J connectivity index is 0.00000162. The molecule has 1 aliphatic heterocycles. The fraction of sp³-hybridized carbons (Fsp3) is 0.636. The molecule has 0 unspecified atom stereocenters. The van der Waals surface area contributed by atoms with Gasteiger partial charge in [0.1, 0.15) is 0 Å². The maximum Gasteiger partial charge on any atom is 0.191 e. The van der Waals surface area contributed by atoms with Gasteiger partial charge in [0, 0.05) is 30.0 Å². The number of nitrogens with zero attached hydrogens (tertiary/aromatic N) is 3. The zero-order valence-corrected chi connectivity index (χ0v) is 14.4. The van der Waals surface area contributed by atoms with Crippen molar-refractivity contribution >= 4 is 53.0 Å². The molecule has 1 fully saturated rings. The molecule has 1 aromatic heterocycles. The number of hydrogen-bond acceptors (Lipinski definition) is 4. The van der Waals surface area contributed by atoms with Crippen molar-refractivity contribution in [1.82, 2.24) is 9.88 Å². The van der Waals surface area contributed by atoms with E-state index in [1.807, 2.05) is 11.8 Å². The van der Waals surface area contributed by atoms with Crippen molar-refractivity contribution in [3.63, 3.8) is 0 Å². The summed E-state index contributed by atoms with van der Waals surface area (Å²) in [5, 5.41) is 3.24. The average Bonchev–Trinajstić information content (AvgIpc) is 2.85. The quantitative estimate of drug-likeness (QED) is 0.482. The van der Waals surface area contributed by atoms with Gasteiger partial charge < -0.3 is 10.6 Å². The highest BCUT2D eigenvalue weighted by Crippen LogP contribution is 2.12. The highest BCUT2D eigenvalue weighted by Gasteiger charge is 2.12. The first kappa shape index (κ1) is 16.0. The van der Waals surface area contributed by atoms with Crippen molar-refractivity contribution in [2.45, 2.75) is 19.9 Å². The second-order valence-corrected chi connectivity index (χ2v) is 6.03. The Morgan fingerprint density at radius 3 is 2.83 bits per heavy atom. The van der Waals surface area contributed by atoms with Gasteiger partial charge in [0.15, 0.2) is 5.96 Å². The van der Waals surface area contributed by atoms with Gasteiger partial charge in [0.05, 0.1) is 17.2 Å². The fourth-order valence-electron chi connectivity index (χ4n) is 1.64. The molecule has 2 N–H and O–H groups in total. The van der Waals surface area contributed by atoms with Gasteiger partial charge in [-0.15, -0.1) is 35.3 Å². The lowest BCUT2D eigenvalue weighted by molar-refractivity contribution is 0.455. The van der Waals surface area contributed by atoms with E-state index in [-0.39, 0.29) is 24.0 Å². The van der Waals surface area contributed by atoms with Gasteiger partial charge >= 0.3 is 0 Å². The smallest absolute Gasteiger partial charge is 0.191 e. The lowest BCUT2D eigenvalue weighted by Gasteiger charge is -2.27. The zero-order valence-electron chi connectivity index (χ0n) is 10.5. The van der Waals surface area contributed by atoms with Gasteiger partial charge in [0.25, 0.3) is 0 Å². The molecule has 102 valence electrons. The molecule has 2 heterocycles. The Kier molecular flexibility index (Phi) is 7.31. The van der Waals surface area contributed by atoms with Crippen LogP contribution in [0.25, 0.3) is 0 Å². The van der Waals surface area contributed by atoms with E-state index in [0.29, 0.717) is 12.5 Å². The maximum atomic E-state index is 5.98. The Labute approximate surface area is 133 Å². The second kappa shape index (κ2) is 8.21. The molecule has 0 bridgehead atoms. The van der Waals surface area contributed by atoms with Crippen LogP contribution in [-0.2, 0) is 13.0 Å². The maximum absolute atomic E-state index is 5.98. The molecule has 18 heavy (non-hydrogen) atoms. The third kappa shape index (κ3) is 4.58. The third-order valence-corrected chi connectivity index (χ3v) is 4.62. The number of thiazole rings is 1. The van der Waals surface area contributed by atoms with Crippen molar-refractivity contribution in [1.29, 1.82) is 0 Å². The van der Waals surface area contributed by atoms with E-state index < -0.39 is 0 Å². The van der Waals surface area contributed by atoms with E-state index in [2.05, 4.69) is 27.2 Å². The van der Waals surface area contributed by atoms with Crippen LogP contribution in [0.4, 0.5) is 0 Å². The van der Waals surface area contributed by atoms with E-state index in [1.165, 1.54) is 5.01 Å². The molecular weight excluding hydrogens is 379 g/mol. The Hall–Kier alpha value is -0.0200. The summed E-state index contributed by atoms with van der Waals surface area (Å²) >= 11 is 3.67. The normalized spacial score (nSPS) is 16.5. The van der Waals surface area contributed by atoms with Crippen molar-refractivity contribution in [3.8, 4) is 0 Å². The number of halogens is 1. The van der Waals surface area contributed by atoms with Gasteiger partial charge in [-0.25, -0.2) is 9.98 Å². The number of aryl methyl sites for hydroxylation is 1. The summed E-state index contributed by atoms with van der Waals surface area (Å²) in [7, 11) is 0. The van der Waals surface area contributed by atoms with Crippen LogP contribution >= 0.6 is 47.1 Å². The lowest BCUT2D eigenvalue weighted by atomic mass is 10.4. The molecule has 0 aromatic carbocycles. The molecule has 0 radical (unpaired) electrons. The minimum absolute atomic E-state index is 0. The predicted molar refractivity (Wildman–Crippen MR) is 91.1 cm³/mol. The molecule has 0 spiro atoms. The predicted octanol–water partition coefficient (Wildman–Crippen LogP) is 2.19. The van der Waals surface area contributed by atoms with E-state index in [9.17, 15) is 0 Å². The number of thioether (sulfide) groups is 1. The number of nitrogens with two attached hydrogens (primary N) is 1. The van der Waals surface area contributed by atoms with E-state index in [4.69, 9.17) is 5.73 Å². The van der Waals surface area contributed by atoms with Crippen LogP contribution < -0.4 is 5.73 Å². The summed E-state index contributed by atoms with van der Waals surface area (Å²) in [4.78, 5) is 11.1. The van der Waals surface area contributed by atoms with Crippen molar-refractivity contribution in [2.75, 3.05) is 24.6 Å². The molecule has 1 aromatic rings. The first-order valence-corrected chi connectivity index (χ1v) is 7.89. The van der Waals surface area contributed by atoms with Gasteiger partial charge in [-0.1, -0.05) is 6.92 Å². The summed E-state index contributed by atoms with van der Waals surface area (Å²) in [6.45, 7) is 4.74. The van der Waals surface area contributed by atoms with Crippen molar-refractivity contribution in [3.05, 3.63) is 16.1 Å². The summed E-state index contributed by atoms with van der Waals surface area (Å²) in [6.07, 6.45) is 0.993. The third-order valence-electron chi connectivity index (χ3n) is 2.64. The van der Waals surface area contributed by atoms with Crippen molar-refractivity contribution < 1.29 is 0 Å². The van der Waals surface area contributed by atoms with Crippen LogP contribution in [0.5, 0.6) is 0 Å². The van der Waals surface area contributed by atoms with Crippen LogP contribution in [0, 0.1) is 0 Å². The largest absolute Gasteiger partial charge is 0.370 e. The standard InChI is InChI=1S/C11H18N4S2.HI/c1-2-10-14-9(8-17-10)7-13-11(12)15-3-5-16-6-4-15;/h8H,2-7H2,1H3,(H2,12,13);1H. The first-order valence-electron chi connectivity index (χ1n) is 5.85. The number of aliphatic imine (C=N–C) groups is 1. The molecular formula is C11H19IN4S2. The van der Waals surface area contributed by atoms with Gasteiger partial charge in [-0.2, -0.15) is 11.8 Å². The summed E-state index contributed by atoms with van der Waals surface area (Å²) in [5.74, 6) is 2.95. The summed E-state index contributed by atoms with van der Waals surface area (Å²) < 4.78 is 0. The topological polar surface area (TPSA) is 54.5 Å². The number of aromatic nitrogens is 1. The Morgan fingerprint density at radius 2 is 2.22 bits per heavy atom. The fourth-order valence-corrected chi connectivity index (χ4v) is 3.28. The molecule has 7 heteroatoms. The monoisotopic (exact) mass is 398 g/mol. The Bertz CT molecular complexity index is 388. The summed E-state index contributed by atoms with van der Waals surface area (Å²) in [6, 6.07) is 0. The van der Waals surface area contributed by atoms with E-state index in [0.717, 1.165) is 36.7 Å². The first-order chi connectivity index (χ1) is 8.29. The lowest BCUT2D eigenvalue weighted by Crippen LogP contribution is -2.42. The number of hydrogen-bond donors (Lipinski definition) is 1. The van der Waals surface area contributed by atoms with Gasteiger partial charge in [0.2, 0.25) is 0 Å². The second-order valence-electron chi connectivity index (χ2n) is 3.86. The SMILES string of the molecule is CCc1nc(CN=C(N)N2CCSCC2)cs1.I. The van der Waals surface area contributed by atoms with Crippen LogP contribution in [-0.4, -0.2) is 40.4 Å². The molecule has 4 nitrogen and oxygen atoms in total. The molecule has 2 rings (SSSR count). The number of rotatable bonds is 3. The Morgan fingerprint density at radius 1 is 1.50 bits per heavy atom. The van der Waals surface area contributed by atoms with Gasteiger partial charge in [-0.3, -0.25) is 0 Å². The molecule has 0 atom stereocenters. The molecule has 1 saturated heterocycles. The van der Waals surface area contributed by atoms with Crippen LogP contribution in [0.1, 0.15) is 17.6 Å². The summed E-state index contributed by atoms with van der Waals surface area (Å²) in [5.41, 5.74) is 7.01. The van der Waals surface area contributed by atoms with Crippen LogP contribution in [0.15, 0.2) is 10.4 Å². The number of guanidine groups is 1. The van der Waals surface area contributed by atoms with Crippen molar-refractivity contribution in [2.24, 2.45) is 10.7 Å². The van der Waals surface area contributed by atoms with Crippen LogP contribution in [0.2, 0.25) is 0 Å². The van der Waals surface area contributed by atoms with E-state index >= 15 is 0 Å². The minimum Gasteiger partial charge on any atom is -0.370 e. The van der Waals surface area contributed by atoms with Crippen LogP contribution in [0.3, 0.4) is 0 Å². The molecule has 0 amide bonds. The highest BCUT2D eigenvalue weighted by atomic mass is 127. The zero-order chi connectivity index (χ0) is 12.1. The highest BCUT2D eigenvalue weighted by molar-refractivity contribution is 14.0.